The van der Waals surface area contributed by atoms with E-state index in [0.29, 0.717) is 68.1 Å². The number of rotatable bonds is 52. The Hall–Kier alpha value is -10.7. The predicted octanol–water partition coefficient (Wildman–Crippen LogP) is 1.63. The molecule has 12 atom stereocenters. The van der Waals surface area contributed by atoms with E-state index in [2.05, 4.69) is 81.6 Å². The van der Waals surface area contributed by atoms with E-state index in [0.717, 1.165) is 10.9 Å². The number of nitrogens with two attached hydrogens (primary N) is 5. The van der Waals surface area contributed by atoms with Crippen molar-refractivity contribution in [2.45, 2.75) is 243 Å². The molecular weight excluding hydrogens is 1440 g/mol. The molecule has 12 amide bonds. The SMILES string of the molecule is C=CCCCC[C@](C)(NC(=O)[C@H](CC(C)C)NC(=O)[C@H](CCCCN)NC(=O)[C@H](CC(C)C)NC(=O)[C@](C)(CCCCC=C)NC(=O)[C@H](Cc1ccccc1)NC(=O)[C@H](Cc1ccc(O)cc1)NC(=O)[C@H](C)NC(=O)[C@@H](N)[C@@H](C)O)C(=O)NCC(=O)N[C@@H](CCCN=C(N)N)C(=O)N[C@@H](Cc1c[nH]c2ccccc12)C(N)=O. The number of aromatic nitrogens is 1. The molecule has 112 heavy (non-hydrogen) atoms. The van der Waals surface area contributed by atoms with E-state index in [4.69, 9.17) is 28.7 Å². The number of primary amides is 1. The van der Waals surface area contributed by atoms with Gasteiger partial charge in [0.15, 0.2) is 5.96 Å². The van der Waals surface area contributed by atoms with E-state index in [1.807, 2.05) is 52.0 Å². The number of hydrogen-bond acceptors (Lipinski definition) is 17. The first-order valence-corrected chi connectivity index (χ1v) is 38.5. The van der Waals surface area contributed by atoms with Crippen molar-refractivity contribution >= 4 is 87.7 Å². The van der Waals surface area contributed by atoms with E-state index in [1.165, 1.54) is 52.0 Å². The van der Waals surface area contributed by atoms with Crippen LogP contribution in [0, 0.1) is 11.8 Å². The Kier molecular flexibility index (Phi) is 39.7. The van der Waals surface area contributed by atoms with E-state index in [-0.39, 0.29) is 101 Å². The lowest BCUT2D eigenvalue weighted by Gasteiger charge is -2.34. The van der Waals surface area contributed by atoms with E-state index in [1.54, 1.807) is 48.7 Å². The van der Waals surface area contributed by atoms with Crippen molar-refractivity contribution < 1.29 is 67.7 Å². The number of guanidine groups is 1. The van der Waals surface area contributed by atoms with Gasteiger partial charge in [-0.2, -0.15) is 0 Å². The van der Waals surface area contributed by atoms with Gasteiger partial charge >= 0.3 is 0 Å². The van der Waals surface area contributed by atoms with Crippen LogP contribution in [0.1, 0.15) is 168 Å². The minimum atomic E-state index is -1.80. The second-order valence-electron chi connectivity index (χ2n) is 29.9. The van der Waals surface area contributed by atoms with E-state index < -0.39 is 149 Å². The molecule has 1 heterocycles. The van der Waals surface area contributed by atoms with Gasteiger partial charge in [-0.3, -0.25) is 62.5 Å². The second kappa shape index (κ2) is 47.5. The maximum absolute atomic E-state index is 15.2. The Labute approximate surface area is 656 Å². The molecule has 24 N–H and O–H groups in total. The Morgan fingerprint density at radius 3 is 1.56 bits per heavy atom. The average molecular weight is 1560 g/mol. The number of nitrogens with zero attached hydrogens (tertiary/aromatic N) is 1. The van der Waals surface area contributed by atoms with Gasteiger partial charge in [0.05, 0.1) is 12.6 Å². The molecule has 0 aliphatic heterocycles. The highest BCUT2D eigenvalue weighted by molar-refractivity contribution is 6.01. The Morgan fingerprint density at radius 1 is 0.518 bits per heavy atom. The Morgan fingerprint density at radius 2 is 1.00 bits per heavy atom. The standard InChI is InChI=1S/C80H122N18O14/c1-11-13-15-23-37-79(9,76(111)88-47-65(101)90-58(32-26-40-86-78(84)85)69(104)92-60(67(83)102)45-54-46-87-57-30-21-20-29-56(54)57)97-73(108)62(42-49(5)6)94-70(105)59(31-22-25-39-81)91-71(106)61(41-48(3)4)96-77(112)80(10,38-24-16-14-12-2)98-74(109)64(43-52-27-18-17-19-28-52)95-72(107)63(44-53-33-35-55(100)36-34-53)93-68(103)50(7)89-75(110)66(82)51(8)99/h11-12,17-21,27-30,33-36,46,48-51,58-64,66,87,99-100H,1-2,13-16,22-26,31-32,37-45,47,81-82H2,3-10H3,(H2,83,102)(H,88,111)(H,89,110)(H,90,101)(H,91,106)(H,92,104)(H,93,103)(H,94,105)(H,95,107)(H,96,112)(H,97,108)(H,98,109)(H4,84,85,86)/t50-,51+,58-,59-,60-,61-,62-,63-,64-,66-,79-,80-/m0/s1. The molecule has 4 rings (SSSR count). The zero-order chi connectivity index (χ0) is 83.3. The third-order valence-corrected chi connectivity index (χ3v) is 19.0. The van der Waals surface area contributed by atoms with Gasteiger partial charge < -0.3 is 102 Å². The summed E-state index contributed by atoms with van der Waals surface area (Å²) >= 11 is 0. The first-order chi connectivity index (χ1) is 53.0. The van der Waals surface area contributed by atoms with Crippen LogP contribution in [0.5, 0.6) is 5.75 Å². The van der Waals surface area contributed by atoms with Crippen LogP contribution in [0.3, 0.4) is 0 Å². The highest BCUT2D eigenvalue weighted by Gasteiger charge is 2.42. The number of hydrogen-bond donors (Lipinski definition) is 19. The summed E-state index contributed by atoms with van der Waals surface area (Å²) in [5.41, 5.74) is 27.7. The van der Waals surface area contributed by atoms with Gasteiger partial charge in [-0.25, -0.2) is 0 Å². The number of phenols is 1. The first-order valence-electron chi connectivity index (χ1n) is 38.5. The van der Waals surface area contributed by atoms with Gasteiger partial charge in [-0.15, -0.1) is 13.2 Å². The maximum Gasteiger partial charge on any atom is 0.246 e. The summed E-state index contributed by atoms with van der Waals surface area (Å²) in [5, 5.41) is 50.9. The summed E-state index contributed by atoms with van der Waals surface area (Å²) < 4.78 is 0. The number of unbranched alkanes of at least 4 members (excludes halogenated alkanes) is 5. The summed E-state index contributed by atoms with van der Waals surface area (Å²) in [7, 11) is 0. The molecule has 0 aliphatic carbocycles. The topological polar surface area (TPSA) is 536 Å². The van der Waals surface area contributed by atoms with Crippen molar-refractivity contribution in [3.63, 3.8) is 0 Å². The number of nitrogens with one attached hydrogen (secondary N) is 12. The van der Waals surface area contributed by atoms with E-state index in [9.17, 15) is 58.2 Å². The number of aliphatic hydroxyl groups excluding tert-OH is 1. The monoisotopic (exact) mass is 1560 g/mol. The van der Waals surface area contributed by atoms with Gasteiger partial charge in [0, 0.05) is 42.9 Å². The van der Waals surface area contributed by atoms with Crippen molar-refractivity contribution in [3.8, 4) is 5.75 Å². The molecule has 0 saturated heterocycles. The number of para-hydroxylation sites is 1. The summed E-state index contributed by atoms with van der Waals surface area (Å²) in [6.07, 6.45) is 7.65. The van der Waals surface area contributed by atoms with Crippen molar-refractivity contribution in [2.75, 3.05) is 19.6 Å². The van der Waals surface area contributed by atoms with Crippen molar-refractivity contribution in [2.24, 2.45) is 45.5 Å². The molecule has 0 saturated carbocycles. The second-order valence-corrected chi connectivity index (χ2v) is 29.9. The van der Waals surface area contributed by atoms with Gasteiger partial charge in [0.25, 0.3) is 0 Å². The number of amides is 12. The fraction of sp³-hybridized carbons (Fsp3) is 0.537. The Balaban J connectivity index is 1.63. The van der Waals surface area contributed by atoms with Crippen molar-refractivity contribution in [1.29, 1.82) is 0 Å². The molecule has 32 nitrogen and oxygen atoms in total. The summed E-state index contributed by atoms with van der Waals surface area (Å²) in [6, 6.07) is 9.95. The number of aliphatic hydroxyl groups is 1. The average Bonchev–Trinajstić information content (AvgIpc) is 1.28. The van der Waals surface area contributed by atoms with Crippen LogP contribution in [0.15, 0.2) is 115 Å². The highest BCUT2D eigenvalue weighted by Crippen LogP contribution is 2.23. The van der Waals surface area contributed by atoms with Crippen LogP contribution in [-0.2, 0) is 76.8 Å². The lowest BCUT2D eigenvalue weighted by molar-refractivity contribution is -0.138. The zero-order valence-electron chi connectivity index (χ0n) is 66.1. The quantitative estimate of drug-likeness (QED) is 0.0129. The van der Waals surface area contributed by atoms with Gasteiger partial charge in [0.1, 0.15) is 71.2 Å². The van der Waals surface area contributed by atoms with Crippen molar-refractivity contribution in [1.82, 2.24) is 63.5 Å². The minimum absolute atomic E-state index is 0.00924. The zero-order valence-corrected chi connectivity index (χ0v) is 66.1. The third kappa shape index (κ3) is 32.3. The Bertz CT molecular complexity index is 3810. The van der Waals surface area contributed by atoms with Crippen LogP contribution in [0.2, 0.25) is 0 Å². The molecule has 0 aliphatic rings. The summed E-state index contributed by atoms with van der Waals surface area (Å²) in [6.45, 7) is 20.1. The molecular formula is C80H122N18O14. The fourth-order valence-corrected chi connectivity index (χ4v) is 12.4. The molecule has 0 spiro atoms. The van der Waals surface area contributed by atoms with Gasteiger partial charge in [-0.05, 0) is 164 Å². The largest absolute Gasteiger partial charge is 0.508 e. The number of allylic oxidation sites excluding steroid dienone is 2. The normalized spacial score (nSPS) is 15.0. The fourth-order valence-electron chi connectivity index (χ4n) is 12.4. The van der Waals surface area contributed by atoms with Crippen LogP contribution in [0.4, 0.5) is 0 Å². The molecule has 0 fully saturated rings. The lowest BCUT2D eigenvalue weighted by atomic mass is 9.91. The van der Waals surface area contributed by atoms with Crippen LogP contribution in [-0.4, -0.2) is 183 Å². The number of benzene rings is 3. The van der Waals surface area contributed by atoms with Crippen LogP contribution >= 0.6 is 0 Å². The van der Waals surface area contributed by atoms with Gasteiger partial charge in [0.2, 0.25) is 70.9 Å². The number of H-pyrrole nitrogens is 1. The van der Waals surface area contributed by atoms with Crippen LogP contribution < -0.4 is 87.2 Å². The lowest BCUT2D eigenvalue weighted by Crippen LogP contribution is -2.65. The number of aromatic amines is 1. The number of carbonyl (C=O) groups excluding carboxylic acids is 12. The number of aliphatic imine (C=N–C) groups is 1. The smallest absolute Gasteiger partial charge is 0.246 e. The molecule has 1 aromatic heterocycles. The van der Waals surface area contributed by atoms with E-state index >= 15 is 9.59 Å². The molecule has 616 valence electrons. The summed E-state index contributed by atoms with van der Waals surface area (Å²) in [4.78, 5) is 179. The number of carbonyl (C=O) groups is 12. The highest BCUT2D eigenvalue weighted by atomic mass is 16.3. The molecule has 3 aromatic carbocycles. The number of phenolic OH excluding ortho intramolecular Hbond substituents is 1. The van der Waals surface area contributed by atoms with Crippen LogP contribution in [0.25, 0.3) is 10.9 Å². The molecule has 0 radical (unpaired) electrons. The number of aromatic hydroxyl groups is 1. The number of fused-ring (bicyclic) bond motifs is 1. The minimum Gasteiger partial charge on any atom is -0.508 e. The third-order valence-electron chi connectivity index (χ3n) is 19.0. The summed E-state index contributed by atoms with van der Waals surface area (Å²) in [5.74, 6) is -10.4. The molecule has 4 aromatic rings. The first kappa shape index (κ1) is 93.6. The van der Waals surface area contributed by atoms with Crippen molar-refractivity contribution in [3.05, 3.63) is 127 Å². The molecule has 32 heteroatoms. The predicted molar refractivity (Wildman–Crippen MR) is 429 cm³/mol. The van der Waals surface area contributed by atoms with Gasteiger partial charge in [-0.1, -0.05) is 113 Å². The molecule has 0 bridgehead atoms. The maximum atomic E-state index is 15.2. The molecule has 0 unspecified atom stereocenters.